The smallest absolute Gasteiger partial charge is 0.394 e. The first kappa shape index (κ1) is 37.4. The number of nitrogens with zero attached hydrogens (tertiary/aromatic N) is 3. The van der Waals surface area contributed by atoms with E-state index in [1.54, 1.807) is 39.2 Å². The molecule has 3 aliphatic carbocycles. The van der Waals surface area contributed by atoms with Crippen LogP contribution in [0.4, 0.5) is 11.4 Å². The van der Waals surface area contributed by atoms with E-state index in [4.69, 9.17) is 23.3 Å². The average molecular weight is 684 g/mol. The fraction of sp³-hybridized carbons (Fsp3) is 0.517. The number of carbonyl (C=O) groups excluding carboxylic acids is 4. The van der Waals surface area contributed by atoms with Crippen molar-refractivity contribution in [1.29, 1.82) is 0 Å². The molecule has 0 heterocycles. The van der Waals surface area contributed by atoms with Gasteiger partial charge in [0.2, 0.25) is 11.7 Å². The van der Waals surface area contributed by atoms with Gasteiger partial charge in [0.05, 0.1) is 23.8 Å². The predicted molar refractivity (Wildman–Crippen MR) is 169 cm³/mol. The maximum Gasteiger partial charge on any atom is 0.394 e. The highest BCUT2D eigenvalue weighted by Crippen LogP contribution is 2.53. The summed E-state index contributed by atoms with van der Waals surface area (Å²) in [6, 6.07) is 0.510. The standard InChI is InChI=1S/C29H39N5O8.H2O4S/c1-7-34(8-2)12-18(35)31-16-11-17(32(3)4)14-9-13-10-15-22(33(5)6)25(38)21(28(30)41)27(40)29(15,42)26(39)19(13)24(37)20(14)23(16)36;1-5(2,3)4/h11,13,15,22,36,38-39,42H,7-10,12H2,1-6H3,(H2,30,41)(H,31,35);(H2,1,2,3,4)/t13?,15?,22-,29-;/m0./s1. The van der Waals surface area contributed by atoms with Crippen LogP contribution in [0.25, 0.3) is 0 Å². The molecule has 1 aromatic rings. The fourth-order valence-electron chi connectivity index (χ4n) is 6.63. The van der Waals surface area contributed by atoms with Crippen molar-refractivity contribution in [2.24, 2.45) is 17.6 Å². The van der Waals surface area contributed by atoms with E-state index in [-0.39, 0.29) is 36.2 Å². The van der Waals surface area contributed by atoms with Gasteiger partial charge in [-0.2, -0.15) is 8.42 Å². The second kappa shape index (κ2) is 13.6. The van der Waals surface area contributed by atoms with Crippen molar-refractivity contribution in [2.45, 2.75) is 38.3 Å². The number of phenols is 1. The summed E-state index contributed by atoms with van der Waals surface area (Å²) < 4.78 is 31.6. The highest BCUT2D eigenvalue weighted by atomic mass is 32.3. The van der Waals surface area contributed by atoms with Gasteiger partial charge in [0.15, 0.2) is 17.1 Å². The highest BCUT2D eigenvalue weighted by molar-refractivity contribution is 7.79. The molecule has 18 heteroatoms. The zero-order valence-electron chi connectivity index (χ0n) is 26.8. The summed E-state index contributed by atoms with van der Waals surface area (Å²) in [7, 11) is 1.98. The Morgan fingerprint density at radius 1 is 1.06 bits per heavy atom. The molecule has 0 aliphatic heterocycles. The van der Waals surface area contributed by atoms with E-state index in [1.165, 1.54) is 4.90 Å². The molecule has 4 rings (SSSR count). The first-order chi connectivity index (χ1) is 21.6. The highest BCUT2D eigenvalue weighted by Gasteiger charge is 2.63. The number of fused-ring (bicyclic) bond motifs is 3. The lowest BCUT2D eigenvalue weighted by Crippen LogP contribution is -2.63. The summed E-state index contributed by atoms with van der Waals surface area (Å²) in [6.07, 6.45) is 0.130. The number of aliphatic hydroxyl groups is 3. The van der Waals surface area contributed by atoms with Crippen molar-refractivity contribution in [1.82, 2.24) is 9.80 Å². The lowest BCUT2D eigenvalue weighted by Gasteiger charge is -2.50. The number of Topliss-reactive ketones (excluding diaryl/α,β-unsaturated/α-hetero) is 2. The number of amides is 2. The van der Waals surface area contributed by atoms with Gasteiger partial charge >= 0.3 is 10.4 Å². The molecule has 0 saturated carbocycles. The number of rotatable bonds is 8. The molecule has 0 aromatic heterocycles. The number of allylic oxidation sites excluding steroid dienone is 1. The van der Waals surface area contributed by atoms with E-state index in [0.29, 0.717) is 24.3 Å². The van der Waals surface area contributed by atoms with Crippen LogP contribution in [0.1, 0.15) is 36.2 Å². The van der Waals surface area contributed by atoms with E-state index in [0.717, 1.165) is 0 Å². The number of hydrogen-bond acceptors (Lipinski definition) is 13. The molecular weight excluding hydrogens is 642 g/mol. The summed E-state index contributed by atoms with van der Waals surface area (Å²) in [6.45, 7) is 5.16. The summed E-state index contributed by atoms with van der Waals surface area (Å²) in [4.78, 5) is 57.6. The van der Waals surface area contributed by atoms with Crippen molar-refractivity contribution in [3.63, 3.8) is 0 Å². The minimum Gasteiger partial charge on any atom is -0.510 e. The van der Waals surface area contributed by atoms with Crippen LogP contribution in [0.2, 0.25) is 0 Å². The minimum atomic E-state index is -4.67. The molecule has 2 amide bonds. The van der Waals surface area contributed by atoms with Crippen LogP contribution in [-0.4, -0.2) is 131 Å². The largest absolute Gasteiger partial charge is 0.510 e. The number of aliphatic hydroxyl groups excluding tert-OH is 2. The number of primary amides is 1. The lowest BCUT2D eigenvalue weighted by atomic mass is 9.58. The zero-order valence-corrected chi connectivity index (χ0v) is 27.6. The van der Waals surface area contributed by atoms with Gasteiger partial charge in [0.1, 0.15) is 17.1 Å². The summed E-state index contributed by atoms with van der Waals surface area (Å²) >= 11 is 0. The van der Waals surface area contributed by atoms with Crippen molar-refractivity contribution in [3.05, 3.63) is 39.9 Å². The van der Waals surface area contributed by atoms with E-state index in [9.17, 15) is 39.6 Å². The Labute approximate surface area is 271 Å². The molecule has 0 radical (unpaired) electrons. The Kier molecular flexibility index (Phi) is 10.8. The number of anilines is 2. The summed E-state index contributed by atoms with van der Waals surface area (Å²) in [5.74, 6) is -7.67. The third-order valence-electron chi connectivity index (χ3n) is 8.72. The molecule has 47 heavy (non-hydrogen) atoms. The minimum absolute atomic E-state index is 0.000761. The van der Waals surface area contributed by atoms with Gasteiger partial charge in [-0.15, -0.1) is 0 Å². The number of nitrogens with one attached hydrogen (secondary N) is 1. The Hall–Kier alpha value is -4.07. The van der Waals surface area contributed by atoms with Gasteiger partial charge in [0.25, 0.3) is 5.91 Å². The number of hydrogen-bond donors (Lipinski definition) is 8. The van der Waals surface area contributed by atoms with Gasteiger partial charge in [-0.05, 0) is 57.6 Å². The number of likely N-dealkylation sites (N-methyl/N-ethyl adjacent to an activating group) is 2. The molecule has 3 aliphatic rings. The number of nitrogens with two attached hydrogens (primary N) is 1. The Morgan fingerprint density at radius 2 is 1.62 bits per heavy atom. The van der Waals surface area contributed by atoms with Crippen molar-refractivity contribution < 1.29 is 57.1 Å². The third kappa shape index (κ3) is 6.97. The van der Waals surface area contributed by atoms with E-state index in [1.807, 2.05) is 18.7 Å². The Morgan fingerprint density at radius 3 is 2.09 bits per heavy atom. The van der Waals surface area contributed by atoms with Crippen molar-refractivity contribution in [2.75, 3.05) is 58.0 Å². The molecule has 4 atom stereocenters. The Bertz CT molecular complexity index is 1660. The van der Waals surface area contributed by atoms with Crippen LogP contribution in [0, 0.1) is 11.8 Å². The quantitative estimate of drug-likeness (QED) is 0.100. The summed E-state index contributed by atoms with van der Waals surface area (Å²) in [5, 5.41) is 48.1. The molecule has 0 saturated heterocycles. The molecule has 0 fully saturated rings. The first-order valence-corrected chi connectivity index (χ1v) is 15.9. The monoisotopic (exact) mass is 683 g/mol. The SMILES string of the molecule is CCN(CC)CC(=O)Nc1cc(N(C)C)c2c(c1O)C(=O)C1=C(O)[C@]3(O)C(=O)C(C(N)=O)=C(O)[C@@H](N(C)C)C3CC1C2.O=S(=O)(O)O. The van der Waals surface area contributed by atoms with Crippen LogP contribution < -0.4 is 16.0 Å². The predicted octanol–water partition coefficient (Wildman–Crippen LogP) is -0.186. The van der Waals surface area contributed by atoms with Crippen LogP contribution in [0.5, 0.6) is 5.75 Å². The maximum absolute atomic E-state index is 14.1. The van der Waals surface area contributed by atoms with Crippen LogP contribution in [0.15, 0.2) is 28.7 Å². The molecule has 17 nitrogen and oxygen atoms in total. The third-order valence-corrected chi connectivity index (χ3v) is 8.72. The van der Waals surface area contributed by atoms with Crippen LogP contribution in [0.3, 0.4) is 0 Å². The number of aromatic hydroxyl groups is 1. The summed E-state index contributed by atoms with van der Waals surface area (Å²) in [5.41, 5.74) is 2.39. The van der Waals surface area contributed by atoms with Crippen LogP contribution in [-0.2, 0) is 31.2 Å². The van der Waals surface area contributed by atoms with Gasteiger partial charge in [0, 0.05) is 31.3 Å². The zero-order chi connectivity index (χ0) is 35.9. The molecule has 0 bridgehead atoms. The second-order valence-corrected chi connectivity index (χ2v) is 12.9. The van der Waals surface area contributed by atoms with Gasteiger partial charge in [-0.3, -0.25) is 38.1 Å². The fourth-order valence-corrected chi connectivity index (χ4v) is 6.63. The maximum atomic E-state index is 14.1. The molecule has 260 valence electrons. The molecular formula is C29H41N5O12S. The van der Waals surface area contributed by atoms with Crippen molar-refractivity contribution in [3.8, 4) is 5.75 Å². The van der Waals surface area contributed by atoms with E-state index in [2.05, 4.69) is 5.32 Å². The number of phenolic OH excluding ortho intramolecular Hbond substituents is 1. The Balaban J connectivity index is 0.00000111. The topological polar surface area (TPSA) is 272 Å². The van der Waals surface area contributed by atoms with E-state index < -0.39 is 80.1 Å². The van der Waals surface area contributed by atoms with Gasteiger partial charge < -0.3 is 36.4 Å². The van der Waals surface area contributed by atoms with E-state index >= 15 is 0 Å². The second-order valence-electron chi connectivity index (χ2n) is 12.0. The van der Waals surface area contributed by atoms with Gasteiger partial charge in [-0.25, -0.2) is 0 Å². The van der Waals surface area contributed by atoms with Crippen LogP contribution >= 0.6 is 0 Å². The normalized spacial score (nSPS) is 23.9. The molecule has 1 aromatic carbocycles. The van der Waals surface area contributed by atoms with Gasteiger partial charge in [-0.1, -0.05) is 13.8 Å². The molecule has 9 N–H and O–H groups in total. The lowest BCUT2D eigenvalue weighted by molar-refractivity contribution is -0.148. The number of benzene rings is 1. The number of ketones is 2. The molecule has 0 spiro atoms. The number of carbonyl (C=O) groups is 4. The molecule has 2 unspecified atom stereocenters. The van der Waals surface area contributed by atoms with Crippen molar-refractivity contribution >= 4 is 45.2 Å². The average Bonchev–Trinajstić information content (AvgIpc) is 2.93. The first-order valence-electron chi connectivity index (χ1n) is 14.5.